The van der Waals surface area contributed by atoms with Crippen molar-refractivity contribution in [2.75, 3.05) is 13.1 Å². The summed E-state index contributed by atoms with van der Waals surface area (Å²) in [5.41, 5.74) is 1.27. The zero-order chi connectivity index (χ0) is 13.6. The highest BCUT2D eigenvalue weighted by Gasteiger charge is 2.11. The van der Waals surface area contributed by atoms with Crippen molar-refractivity contribution < 1.29 is 0 Å². The molecule has 0 aromatic heterocycles. The standard InChI is InChI=1S/C8H14.C5H13N.C2H6/c1-6-8(4,5)7(2)3;1-3-5-6-4-2;1-2/h6H,1-2H2,3-5H3;6H,3-5H2,1-2H3;1-2H3. The third kappa shape index (κ3) is 15.9. The van der Waals surface area contributed by atoms with E-state index in [2.05, 4.69) is 46.2 Å². The Morgan fingerprint density at radius 2 is 1.69 bits per heavy atom. The zero-order valence-corrected chi connectivity index (χ0v) is 12.6. The molecule has 1 N–H and O–H groups in total. The van der Waals surface area contributed by atoms with Crippen molar-refractivity contribution in [1.82, 2.24) is 5.32 Å². The minimum atomic E-state index is 0.111. The van der Waals surface area contributed by atoms with Crippen molar-refractivity contribution in [2.45, 2.75) is 54.9 Å². The van der Waals surface area contributed by atoms with Gasteiger partial charge in [0.15, 0.2) is 0 Å². The molecule has 0 aliphatic carbocycles. The van der Waals surface area contributed by atoms with E-state index < -0.39 is 0 Å². The van der Waals surface area contributed by atoms with Crippen molar-refractivity contribution >= 4 is 0 Å². The van der Waals surface area contributed by atoms with Crippen LogP contribution in [0.3, 0.4) is 0 Å². The normalized spacial score (nSPS) is 9.19. The first-order valence-electron chi connectivity index (χ1n) is 6.42. The van der Waals surface area contributed by atoms with E-state index in [1.807, 2.05) is 26.8 Å². The number of rotatable bonds is 5. The molecule has 0 unspecified atom stereocenters. The van der Waals surface area contributed by atoms with Gasteiger partial charge in [-0.25, -0.2) is 0 Å². The first-order chi connectivity index (χ1) is 7.42. The van der Waals surface area contributed by atoms with E-state index in [-0.39, 0.29) is 5.41 Å². The Bertz CT molecular complexity index is 153. The topological polar surface area (TPSA) is 12.0 Å². The van der Waals surface area contributed by atoms with E-state index in [1.165, 1.54) is 6.42 Å². The van der Waals surface area contributed by atoms with Gasteiger partial charge in [-0.05, 0) is 26.4 Å². The largest absolute Gasteiger partial charge is 0.317 e. The maximum atomic E-state index is 3.83. The van der Waals surface area contributed by atoms with E-state index >= 15 is 0 Å². The van der Waals surface area contributed by atoms with Crippen LogP contribution in [0, 0.1) is 5.41 Å². The Labute approximate surface area is 104 Å². The van der Waals surface area contributed by atoms with Gasteiger partial charge in [0.2, 0.25) is 0 Å². The summed E-state index contributed by atoms with van der Waals surface area (Å²) in [6.07, 6.45) is 3.16. The summed E-state index contributed by atoms with van der Waals surface area (Å²) in [4.78, 5) is 0. The maximum absolute atomic E-state index is 3.83. The molecule has 0 aliphatic rings. The average Bonchev–Trinajstić information content (AvgIpc) is 2.29. The van der Waals surface area contributed by atoms with Gasteiger partial charge in [-0.15, -0.1) is 6.58 Å². The molecule has 0 aromatic carbocycles. The van der Waals surface area contributed by atoms with Crippen molar-refractivity contribution in [3.05, 3.63) is 24.8 Å². The average molecular weight is 227 g/mol. The second kappa shape index (κ2) is 14.4. The van der Waals surface area contributed by atoms with Crippen LogP contribution in [0.4, 0.5) is 0 Å². The fourth-order valence-corrected chi connectivity index (χ4v) is 0.528. The third-order valence-electron chi connectivity index (χ3n) is 2.29. The number of hydrogen-bond acceptors (Lipinski definition) is 1. The molecule has 0 aromatic rings. The summed E-state index contributed by atoms with van der Waals surface area (Å²) in [5, 5.41) is 3.20. The minimum absolute atomic E-state index is 0.111. The van der Waals surface area contributed by atoms with Gasteiger partial charge in [-0.1, -0.05) is 59.8 Å². The first kappa shape index (κ1) is 20.8. The van der Waals surface area contributed by atoms with Gasteiger partial charge in [0.1, 0.15) is 0 Å². The molecule has 0 radical (unpaired) electrons. The molecule has 0 bridgehead atoms. The van der Waals surface area contributed by atoms with Crippen LogP contribution in [0.5, 0.6) is 0 Å². The highest BCUT2D eigenvalue weighted by atomic mass is 14.8. The molecule has 0 saturated heterocycles. The Kier molecular flexibility index (Phi) is 18.8. The Hall–Kier alpha value is -0.560. The van der Waals surface area contributed by atoms with Crippen LogP contribution in [0.2, 0.25) is 0 Å². The Morgan fingerprint density at radius 1 is 1.25 bits per heavy atom. The SMILES string of the molecule is C=CC(C)(C)C(=C)C.CC.CCCNCC. The molecule has 98 valence electrons. The Balaban J connectivity index is -0.000000188. The summed E-state index contributed by atoms with van der Waals surface area (Å²) in [6, 6.07) is 0. The van der Waals surface area contributed by atoms with Crippen molar-refractivity contribution in [1.29, 1.82) is 0 Å². The highest BCUT2D eigenvalue weighted by molar-refractivity contribution is 5.11. The molecule has 0 saturated carbocycles. The lowest BCUT2D eigenvalue weighted by Gasteiger charge is -2.18. The van der Waals surface area contributed by atoms with Crippen LogP contribution >= 0.6 is 0 Å². The van der Waals surface area contributed by atoms with Crippen molar-refractivity contribution in [3.8, 4) is 0 Å². The molecule has 16 heavy (non-hydrogen) atoms. The minimum Gasteiger partial charge on any atom is -0.317 e. The number of allylic oxidation sites excluding steroid dienone is 2. The van der Waals surface area contributed by atoms with Crippen LogP contribution in [-0.4, -0.2) is 13.1 Å². The van der Waals surface area contributed by atoms with Gasteiger partial charge in [0.05, 0.1) is 0 Å². The van der Waals surface area contributed by atoms with E-state index in [0.717, 1.165) is 18.7 Å². The van der Waals surface area contributed by atoms with E-state index in [0.29, 0.717) is 0 Å². The highest BCUT2D eigenvalue weighted by Crippen LogP contribution is 2.24. The molecule has 0 aliphatic heterocycles. The van der Waals surface area contributed by atoms with Crippen LogP contribution in [-0.2, 0) is 0 Å². The summed E-state index contributed by atoms with van der Waals surface area (Å²) >= 11 is 0. The van der Waals surface area contributed by atoms with Crippen LogP contribution in [0.15, 0.2) is 24.8 Å². The predicted molar refractivity (Wildman–Crippen MR) is 79.0 cm³/mol. The van der Waals surface area contributed by atoms with E-state index in [4.69, 9.17) is 0 Å². The molecule has 1 heteroatoms. The van der Waals surface area contributed by atoms with E-state index in [9.17, 15) is 0 Å². The second-order valence-electron chi connectivity index (χ2n) is 4.06. The fraction of sp³-hybridized carbons (Fsp3) is 0.733. The lowest BCUT2D eigenvalue weighted by Crippen LogP contribution is -2.12. The molecule has 0 spiro atoms. The molecule has 1 nitrogen and oxygen atoms in total. The lowest BCUT2D eigenvalue weighted by molar-refractivity contribution is 0.584. The summed E-state index contributed by atoms with van der Waals surface area (Å²) < 4.78 is 0. The molecular weight excluding hydrogens is 194 g/mol. The maximum Gasteiger partial charge on any atom is 0.00261 e. The van der Waals surface area contributed by atoms with Gasteiger partial charge in [0.25, 0.3) is 0 Å². The van der Waals surface area contributed by atoms with Crippen LogP contribution in [0.25, 0.3) is 0 Å². The molecule has 0 amide bonds. The summed E-state index contributed by atoms with van der Waals surface area (Å²) in [7, 11) is 0. The van der Waals surface area contributed by atoms with Crippen LogP contribution in [0.1, 0.15) is 54.9 Å². The second-order valence-corrected chi connectivity index (χ2v) is 4.06. The molecular formula is C15H33N. The van der Waals surface area contributed by atoms with Crippen molar-refractivity contribution in [3.63, 3.8) is 0 Å². The third-order valence-corrected chi connectivity index (χ3v) is 2.29. The summed E-state index contributed by atoms with van der Waals surface area (Å²) in [6.45, 7) is 24.3. The molecule has 0 atom stereocenters. The monoisotopic (exact) mass is 227 g/mol. The fourth-order valence-electron chi connectivity index (χ4n) is 0.528. The van der Waals surface area contributed by atoms with Gasteiger partial charge >= 0.3 is 0 Å². The first-order valence-corrected chi connectivity index (χ1v) is 6.42. The lowest BCUT2D eigenvalue weighted by atomic mass is 9.87. The smallest absolute Gasteiger partial charge is 0.00261 e. The van der Waals surface area contributed by atoms with Gasteiger partial charge in [0, 0.05) is 5.41 Å². The summed E-state index contributed by atoms with van der Waals surface area (Å²) in [5.74, 6) is 0. The van der Waals surface area contributed by atoms with Crippen molar-refractivity contribution in [2.24, 2.45) is 5.41 Å². The Morgan fingerprint density at radius 3 is 1.75 bits per heavy atom. The van der Waals surface area contributed by atoms with Gasteiger partial charge in [-0.2, -0.15) is 0 Å². The molecule has 0 fully saturated rings. The van der Waals surface area contributed by atoms with Gasteiger partial charge in [-0.3, -0.25) is 0 Å². The van der Waals surface area contributed by atoms with Gasteiger partial charge < -0.3 is 5.32 Å². The number of nitrogens with one attached hydrogen (secondary N) is 1. The predicted octanol–water partition coefficient (Wildman–Crippen LogP) is 4.81. The quantitative estimate of drug-likeness (QED) is 0.525. The van der Waals surface area contributed by atoms with Crippen LogP contribution < -0.4 is 5.32 Å². The zero-order valence-electron chi connectivity index (χ0n) is 12.6. The van der Waals surface area contributed by atoms with E-state index in [1.54, 1.807) is 0 Å². The molecule has 0 rings (SSSR count). The molecule has 0 heterocycles. The number of hydrogen-bond donors (Lipinski definition) is 1.